The summed E-state index contributed by atoms with van der Waals surface area (Å²) in [7, 11) is 0. The van der Waals surface area contributed by atoms with Crippen LogP contribution >= 0.6 is 0 Å². The molecule has 32 heavy (non-hydrogen) atoms. The zero-order chi connectivity index (χ0) is 23.5. The smallest absolute Gasteiger partial charge is 0.165 e. The van der Waals surface area contributed by atoms with E-state index in [1.807, 2.05) is 0 Å². The van der Waals surface area contributed by atoms with Crippen molar-refractivity contribution < 1.29 is 14.7 Å². The number of rotatable bonds is 0. The second-order valence-corrected chi connectivity index (χ2v) is 14.4. The first kappa shape index (κ1) is 22.8. The molecule has 0 aromatic rings. The number of ketones is 2. The standard InChI is InChI=1S/C29H44O3/c1-24(2)14-15-29(32)19(16-24)18-8-9-21-26(5)12-11-22(30)25(3,4)20(26)10-13-27(21,6)28(18,7)17-23(29)31/h8,19-21,32H,9-17H2,1-7H3/t19-,20-,21+,26-,27+,28+,29+/m0/s1. The van der Waals surface area contributed by atoms with E-state index in [9.17, 15) is 14.7 Å². The molecule has 0 amide bonds. The third-order valence-electron chi connectivity index (χ3n) is 12.2. The molecule has 7 atom stereocenters. The van der Waals surface area contributed by atoms with Crippen molar-refractivity contribution in [2.24, 2.45) is 44.8 Å². The van der Waals surface area contributed by atoms with Crippen LogP contribution in [0.4, 0.5) is 0 Å². The number of allylic oxidation sites excluding steroid dienone is 1. The Morgan fingerprint density at radius 3 is 2.25 bits per heavy atom. The Balaban J connectivity index is 1.61. The number of hydrogen-bond donors (Lipinski definition) is 1. The van der Waals surface area contributed by atoms with Crippen LogP contribution in [0.5, 0.6) is 0 Å². The molecule has 0 aromatic carbocycles. The molecule has 3 heteroatoms. The average Bonchev–Trinajstić information content (AvgIpc) is 2.68. The summed E-state index contributed by atoms with van der Waals surface area (Å²) in [5.41, 5.74) is 0.0802. The zero-order valence-electron chi connectivity index (χ0n) is 21.4. The fraction of sp³-hybridized carbons (Fsp3) is 0.862. The number of carbonyl (C=O) groups is 2. The van der Waals surface area contributed by atoms with Crippen molar-refractivity contribution in [3.63, 3.8) is 0 Å². The highest BCUT2D eigenvalue weighted by atomic mass is 16.3. The fourth-order valence-electron chi connectivity index (χ4n) is 9.87. The predicted octanol–water partition coefficient (Wildman–Crippen LogP) is 6.28. The molecule has 5 aliphatic carbocycles. The molecular weight excluding hydrogens is 396 g/mol. The Labute approximate surface area is 194 Å². The molecule has 0 aliphatic heterocycles. The minimum atomic E-state index is -1.16. The molecule has 0 unspecified atom stereocenters. The maximum atomic E-state index is 13.6. The lowest BCUT2D eigenvalue weighted by atomic mass is 9.34. The van der Waals surface area contributed by atoms with Crippen LogP contribution in [0.25, 0.3) is 0 Å². The first-order chi connectivity index (χ1) is 14.6. The summed E-state index contributed by atoms with van der Waals surface area (Å²) >= 11 is 0. The topological polar surface area (TPSA) is 54.4 Å². The van der Waals surface area contributed by atoms with Crippen LogP contribution in [-0.4, -0.2) is 22.3 Å². The Morgan fingerprint density at radius 2 is 1.56 bits per heavy atom. The van der Waals surface area contributed by atoms with Crippen LogP contribution in [0.3, 0.4) is 0 Å². The van der Waals surface area contributed by atoms with E-state index in [0.717, 1.165) is 38.5 Å². The van der Waals surface area contributed by atoms with Crippen molar-refractivity contribution in [3.05, 3.63) is 11.6 Å². The highest BCUT2D eigenvalue weighted by Gasteiger charge is 2.69. The molecule has 0 heterocycles. The van der Waals surface area contributed by atoms with E-state index in [1.54, 1.807) is 0 Å². The largest absolute Gasteiger partial charge is 0.381 e. The van der Waals surface area contributed by atoms with E-state index in [2.05, 4.69) is 54.5 Å². The quantitative estimate of drug-likeness (QED) is 0.451. The van der Waals surface area contributed by atoms with Crippen molar-refractivity contribution in [1.29, 1.82) is 0 Å². The van der Waals surface area contributed by atoms with Gasteiger partial charge in [0.25, 0.3) is 0 Å². The molecule has 1 N–H and O–H groups in total. The maximum Gasteiger partial charge on any atom is 0.165 e. The van der Waals surface area contributed by atoms with Crippen molar-refractivity contribution >= 4 is 11.6 Å². The van der Waals surface area contributed by atoms with Gasteiger partial charge in [0.1, 0.15) is 11.4 Å². The maximum absolute atomic E-state index is 13.6. The van der Waals surface area contributed by atoms with E-state index < -0.39 is 5.60 Å². The molecule has 0 radical (unpaired) electrons. The van der Waals surface area contributed by atoms with Crippen LogP contribution in [0.2, 0.25) is 0 Å². The minimum Gasteiger partial charge on any atom is -0.381 e. The van der Waals surface area contributed by atoms with Gasteiger partial charge < -0.3 is 5.11 Å². The molecule has 0 bridgehead atoms. The summed E-state index contributed by atoms with van der Waals surface area (Å²) in [6.45, 7) is 16.2. The van der Waals surface area contributed by atoms with Crippen molar-refractivity contribution in [2.75, 3.05) is 0 Å². The van der Waals surface area contributed by atoms with E-state index in [-0.39, 0.29) is 38.8 Å². The second-order valence-electron chi connectivity index (χ2n) is 14.4. The van der Waals surface area contributed by atoms with Crippen LogP contribution in [-0.2, 0) is 9.59 Å². The lowest BCUT2D eigenvalue weighted by molar-refractivity contribution is -0.192. The Kier molecular flexibility index (Phi) is 4.54. The van der Waals surface area contributed by atoms with Crippen molar-refractivity contribution in [1.82, 2.24) is 0 Å². The van der Waals surface area contributed by atoms with Gasteiger partial charge >= 0.3 is 0 Å². The lowest BCUT2D eigenvalue weighted by Crippen LogP contribution is -2.67. The average molecular weight is 441 g/mol. The molecular formula is C29H44O3. The summed E-state index contributed by atoms with van der Waals surface area (Å²) in [6, 6.07) is 0. The molecule has 5 rings (SSSR count). The number of hydrogen-bond acceptors (Lipinski definition) is 3. The van der Waals surface area contributed by atoms with Gasteiger partial charge in [-0.3, -0.25) is 9.59 Å². The normalized spacial score (nSPS) is 51.6. The van der Waals surface area contributed by atoms with Crippen LogP contribution in [0.1, 0.15) is 106 Å². The van der Waals surface area contributed by atoms with Gasteiger partial charge in [0.05, 0.1) is 0 Å². The summed E-state index contributed by atoms with van der Waals surface area (Å²) in [5, 5.41) is 11.6. The molecule has 0 saturated heterocycles. The molecule has 3 nitrogen and oxygen atoms in total. The van der Waals surface area contributed by atoms with E-state index in [4.69, 9.17) is 0 Å². The van der Waals surface area contributed by atoms with Gasteiger partial charge in [-0.05, 0) is 73.0 Å². The molecule has 0 spiro atoms. The molecule has 0 aromatic heterocycles. The summed E-state index contributed by atoms with van der Waals surface area (Å²) in [5.74, 6) is 1.38. The second kappa shape index (κ2) is 6.37. The minimum absolute atomic E-state index is 0.0252. The van der Waals surface area contributed by atoms with Gasteiger partial charge in [-0.25, -0.2) is 0 Å². The first-order valence-corrected chi connectivity index (χ1v) is 13.1. The van der Waals surface area contributed by atoms with Crippen LogP contribution in [0.15, 0.2) is 11.6 Å². The van der Waals surface area contributed by atoms with E-state index in [0.29, 0.717) is 36.9 Å². The van der Waals surface area contributed by atoms with Crippen molar-refractivity contribution in [3.8, 4) is 0 Å². The van der Waals surface area contributed by atoms with Gasteiger partial charge in [0.15, 0.2) is 5.78 Å². The van der Waals surface area contributed by atoms with E-state index in [1.165, 1.54) is 5.57 Å². The Bertz CT molecular complexity index is 911. The highest BCUT2D eigenvalue weighted by Crippen LogP contribution is 2.74. The number of aliphatic hydroxyl groups is 1. The molecule has 4 saturated carbocycles. The lowest BCUT2D eigenvalue weighted by Gasteiger charge is -2.70. The van der Waals surface area contributed by atoms with Gasteiger partial charge in [-0.2, -0.15) is 0 Å². The molecule has 4 fully saturated rings. The van der Waals surface area contributed by atoms with Gasteiger partial charge in [-0.15, -0.1) is 0 Å². The SMILES string of the molecule is CC1(C)CC[C@]2(O)C(=O)C[C@]3(C)C(=CC[C@@H]4[C@@]5(C)CCC(=O)C(C)(C)[C@@H]5CC[C@]43C)[C@@H]2C1. The van der Waals surface area contributed by atoms with Gasteiger partial charge in [0.2, 0.25) is 0 Å². The third kappa shape index (κ3) is 2.58. The summed E-state index contributed by atoms with van der Waals surface area (Å²) < 4.78 is 0. The molecule has 5 aliphatic rings. The van der Waals surface area contributed by atoms with E-state index >= 15 is 0 Å². The Hall–Kier alpha value is -0.960. The van der Waals surface area contributed by atoms with Gasteiger partial charge in [0, 0.05) is 29.6 Å². The monoisotopic (exact) mass is 440 g/mol. The highest BCUT2D eigenvalue weighted by molar-refractivity contribution is 5.91. The molecule has 178 valence electrons. The summed E-state index contributed by atoms with van der Waals surface area (Å²) in [4.78, 5) is 26.5. The predicted molar refractivity (Wildman–Crippen MR) is 127 cm³/mol. The Morgan fingerprint density at radius 1 is 0.875 bits per heavy atom. The third-order valence-corrected chi connectivity index (χ3v) is 12.2. The number of carbonyl (C=O) groups excluding carboxylic acids is 2. The van der Waals surface area contributed by atoms with Gasteiger partial charge in [-0.1, -0.05) is 60.1 Å². The van der Waals surface area contributed by atoms with Crippen LogP contribution < -0.4 is 0 Å². The summed E-state index contributed by atoms with van der Waals surface area (Å²) in [6.07, 6.45) is 10.2. The number of Topliss-reactive ketones (excluding diaryl/α,β-unsaturated/α-hetero) is 2. The fourth-order valence-corrected chi connectivity index (χ4v) is 9.87. The van der Waals surface area contributed by atoms with Crippen LogP contribution in [0, 0.1) is 44.8 Å². The first-order valence-electron chi connectivity index (χ1n) is 13.1. The zero-order valence-corrected chi connectivity index (χ0v) is 21.4. The number of fused-ring (bicyclic) bond motifs is 7. The van der Waals surface area contributed by atoms with Crippen molar-refractivity contribution in [2.45, 2.75) is 112 Å².